The van der Waals surface area contributed by atoms with Crippen molar-refractivity contribution < 1.29 is 5.21 Å². The van der Waals surface area contributed by atoms with Gasteiger partial charge in [0, 0.05) is 5.25 Å². The minimum atomic E-state index is 0.0431. The minimum Gasteiger partial charge on any atom is -0.409 e. The van der Waals surface area contributed by atoms with Crippen LogP contribution in [-0.4, -0.2) is 21.3 Å². The maximum Gasteiger partial charge on any atom is 0.188 e. The monoisotopic (exact) mass is 225 g/mol. The molecule has 4 nitrogen and oxygen atoms in total. The van der Waals surface area contributed by atoms with E-state index in [0.717, 1.165) is 11.4 Å². The molecule has 0 aromatic carbocycles. The van der Waals surface area contributed by atoms with Crippen LogP contribution < -0.4 is 5.73 Å². The number of amidine groups is 1. The van der Waals surface area contributed by atoms with E-state index in [1.165, 1.54) is 0 Å². The molecule has 15 heavy (non-hydrogen) atoms. The summed E-state index contributed by atoms with van der Waals surface area (Å²) in [6.45, 7) is 4.27. The first kappa shape index (κ1) is 11.8. The number of thioether (sulfide) groups is 1. The number of oxime groups is 1. The SMILES string of the molecule is CCC(C)Sc1cccc(C(N)=NO)n1. The van der Waals surface area contributed by atoms with E-state index >= 15 is 0 Å². The van der Waals surface area contributed by atoms with Crippen molar-refractivity contribution >= 4 is 17.6 Å². The first-order chi connectivity index (χ1) is 7.17. The molecule has 1 unspecified atom stereocenters. The van der Waals surface area contributed by atoms with Gasteiger partial charge in [-0.3, -0.25) is 0 Å². The molecule has 1 atom stereocenters. The lowest BCUT2D eigenvalue weighted by Gasteiger charge is -2.07. The van der Waals surface area contributed by atoms with Crippen molar-refractivity contribution in [3.63, 3.8) is 0 Å². The third kappa shape index (κ3) is 3.43. The third-order valence-electron chi connectivity index (χ3n) is 1.99. The molecule has 0 spiro atoms. The molecule has 1 aromatic rings. The van der Waals surface area contributed by atoms with E-state index in [0.29, 0.717) is 10.9 Å². The molecular weight excluding hydrogens is 210 g/mol. The van der Waals surface area contributed by atoms with Crippen LogP contribution in [0, 0.1) is 0 Å². The van der Waals surface area contributed by atoms with Gasteiger partial charge in [0.15, 0.2) is 5.84 Å². The lowest BCUT2D eigenvalue weighted by atomic mass is 10.3. The van der Waals surface area contributed by atoms with Gasteiger partial charge in [0.25, 0.3) is 0 Å². The highest BCUT2D eigenvalue weighted by Gasteiger charge is 2.05. The Morgan fingerprint density at radius 1 is 1.67 bits per heavy atom. The maximum absolute atomic E-state index is 8.52. The van der Waals surface area contributed by atoms with Crippen LogP contribution in [-0.2, 0) is 0 Å². The van der Waals surface area contributed by atoms with Gasteiger partial charge in [0.05, 0.1) is 5.03 Å². The molecule has 0 fully saturated rings. The summed E-state index contributed by atoms with van der Waals surface area (Å²) >= 11 is 1.68. The number of nitrogens with two attached hydrogens (primary N) is 1. The molecular formula is C10H15N3OS. The predicted octanol–water partition coefficient (Wildman–Crippen LogP) is 2.07. The summed E-state index contributed by atoms with van der Waals surface area (Å²) in [6.07, 6.45) is 1.08. The number of aromatic nitrogens is 1. The van der Waals surface area contributed by atoms with Crippen molar-refractivity contribution in [2.75, 3.05) is 0 Å². The van der Waals surface area contributed by atoms with E-state index in [4.69, 9.17) is 10.9 Å². The summed E-state index contributed by atoms with van der Waals surface area (Å²) < 4.78 is 0. The zero-order chi connectivity index (χ0) is 11.3. The largest absolute Gasteiger partial charge is 0.409 e. The van der Waals surface area contributed by atoms with Gasteiger partial charge in [-0.25, -0.2) is 4.98 Å². The smallest absolute Gasteiger partial charge is 0.188 e. The van der Waals surface area contributed by atoms with Crippen LogP contribution in [0.4, 0.5) is 0 Å². The summed E-state index contributed by atoms with van der Waals surface area (Å²) in [6, 6.07) is 5.49. The van der Waals surface area contributed by atoms with Gasteiger partial charge in [0.1, 0.15) is 5.69 Å². The normalized spacial score (nSPS) is 13.9. The Bertz CT molecular complexity index is 354. The van der Waals surface area contributed by atoms with Crippen LogP contribution in [0.1, 0.15) is 26.0 Å². The molecule has 1 aromatic heterocycles. The molecule has 0 aliphatic rings. The highest BCUT2D eigenvalue weighted by Crippen LogP contribution is 2.22. The molecule has 0 bridgehead atoms. The second-order valence-corrected chi connectivity index (χ2v) is 4.64. The van der Waals surface area contributed by atoms with Crippen molar-refractivity contribution in [3.8, 4) is 0 Å². The Balaban J connectivity index is 2.83. The van der Waals surface area contributed by atoms with Gasteiger partial charge in [-0.2, -0.15) is 0 Å². The molecule has 5 heteroatoms. The molecule has 82 valence electrons. The van der Waals surface area contributed by atoms with E-state index in [1.54, 1.807) is 17.8 Å². The molecule has 0 saturated heterocycles. The highest BCUT2D eigenvalue weighted by atomic mass is 32.2. The Morgan fingerprint density at radius 3 is 3.00 bits per heavy atom. The second kappa shape index (κ2) is 5.60. The number of hydrogen-bond donors (Lipinski definition) is 2. The van der Waals surface area contributed by atoms with Gasteiger partial charge < -0.3 is 10.9 Å². The average Bonchev–Trinajstić information content (AvgIpc) is 2.28. The molecule has 3 N–H and O–H groups in total. The Kier molecular flexibility index (Phi) is 4.42. The Labute approximate surface area is 93.6 Å². The zero-order valence-corrected chi connectivity index (χ0v) is 9.66. The lowest BCUT2D eigenvalue weighted by molar-refractivity contribution is 0.318. The van der Waals surface area contributed by atoms with Crippen LogP contribution in [0.2, 0.25) is 0 Å². The van der Waals surface area contributed by atoms with Gasteiger partial charge >= 0.3 is 0 Å². The van der Waals surface area contributed by atoms with Crippen molar-refractivity contribution in [2.24, 2.45) is 10.9 Å². The molecule has 1 heterocycles. The van der Waals surface area contributed by atoms with Gasteiger partial charge in [-0.15, -0.1) is 11.8 Å². The van der Waals surface area contributed by atoms with Gasteiger partial charge in [-0.05, 0) is 18.6 Å². The van der Waals surface area contributed by atoms with Crippen LogP contribution in [0.5, 0.6) is 0 Å². The molecule has 0 aliphatic carbocycles. The fourth-order valence-corrected chi connectivity index (χ4v) is 1.85. The van der Waals surface area contributed by atoms with Gasteiger partial charge in [0.2, 0.25) is 0 Å². The second-order valence-electron chi connectivity index (χ2n) is 3.18. The van der Waals surface area contributed by atoms with E-state index in [2.05, 4.69) is 24.0 Å². The van der Waals surface area contributed by atoms with Crippen molar-refractivity contribution in [1.29, 1.82) is 0 Å². The van der Waals surface area contributed by atoms with Crippen LogP contribution >= 0.6 is 11.8 Å². The standard InChI is InChI=1S/C10H15N3OS/c1-3-7(2)15-9-6-4-5-8(12-9)10(11)13-14/h4-7,14H,3H2,1-2H3,(H2,11,13). The number of hydrogen-bond acceptors (Lipinski definition) is 4. The summed E-state index contributed by atoms with van der Waals surface area (Å²) in [7, 11) is 0. The zero-order valence-electron chi connectivity index (χ0n) is 8.84. The Morgan fingerprint density at radius 2 is 2.40 bits per heavy atom. The van der Waals surface area contributed by atoms with Crippen molar-refractivity contribution in [1.82, 2.24) is 4.98 Å². The summed E-state index contributed by atoms with van der Waals surface area (Å²) in [4.78, 5) is 4.28. The third-order valence-corrected chi connectivity index (χ3v) is 3.20. The number of rotatable bonds is 4. The molecule has 1 rings (SSSR count). The average molecular weight is 225 g/mol. The van der Waals surface area contributed by atoms with Crippen LogP contribution in [0.25, 0.3) is 0 Å². The fraction of sp³-hybridized carbons (Fsp3) is 0.400. The number of pyridine rings is 1. The molecule has 0 aliphatic heterocycles. The Hall–Kier alpha value is -1.23. The first-order valence-electron chi connectivity index (χ1n) is 4.79. The molecule has 0 amide bonds. The van der Waals surface area contributed by atoms with E-state index in [1.807, 2.05) is 12.1 Å². The fourth-order valence-electron chi connectivity index (χ4n) is 0.964. The summed E-state index contributed by atoms with van der Waals surface area (Å²) in [5.74, 6) is 0.0431. The molecule has 0 radical (unpaired) electrons. The topological polar surface area (TPSA) is 71.5 Å². The maximum atomic E-state index is 8.52. The first-order valence-corrected chi connectivity index (χ1v) is 5.67. The van der Waals surface area contributed by atoms with Gasteiger partial charge in [-0.1, -0.05) is 25.1 Å². The van der Waals surface area contributed by atoms with E-state index in [-0.39, 0.29) is 5.84 Å². The van der Waals surface area contributed by atoms with E-state index in [9.17, 15) is 0 Å². The predicted molar refractivity (Wildman–Crippen MR) is 62.4 cm³/mol. The van der Waals surface area contributed by atoms with Crippen molar-refractivity contribution in [2.45, 2.75) is 30.5 Å². The van der Waals surface area contributed by atoms with Crippen LogP contribution in [0.3, 0.4) is 0 Å². The summed E-state index contributed by atoms with van der Waals surface area (Å²) in [5.41, 5.74) is 5.96. The van der Waals surface area contributed by atoms with E-state index < -0.39 is 0 Å². The summed E-state index contributed by atoms with van der Waals surface area (Å²) in [5, 5.41) is 12.9. The highest BCUT2D eigenvalue weighted by molar-refractivity contribution is 7.99. The quantitative estimate of drug-likeness (QED) is 0.270. The van der Waals surface area contributed by atoms with Crippen molar-refractivity contribution in [3.05, 3.63) is 23.9 Å². The number of nitrogens with zero attached hydrogens (tertiary/aromatic N) is 2. The molecule has 0 saturated carbocycles. The van der Waals surface area contributed by atoms with Crippen LogP contribution in [0.15, 0.2) is 28.4 Å². The lowest BCUT2D eigenvalue weighted by Crippen LogP contribution is -2.15. The minimum absolute atomic E-state index is 0.0431.